The number of anilines is 1. The van der Waals surface area contributed by atoms with Crippen LogP contribution in [0.15, 0.2) is 41.8 Å². The third-order valence-corrected chi connectivity index (χ3v) is 5.37. The maximum Gasteiger partial charge on any atom is 0.138 e. The number of thiophene rings is 1. The van der Waals surface area contributed by atoms with E-state index < -0.39 is 0 Å². The predicted octanol–water partition coefficient (Wildman–Crippen LogP) is 4.44. The second-order valence-electron chi connectivity index (χ2n) is 6.11. The summed E-state index contributed by atoms with van der Waals surface area (Å²) in [5, 5.41) is 6.76. The number of nitrogens with zero attached hydrogens (tertiary/aromatic N) is 2. The molecule has 1 aliphatic rings. The van der Waals surface area contributed by atoms with E-state index in [1.165, 1.54) is 5.56 Å². The molecule has 1 saturated heterocycles. The summed E-state index contributed by atoms with van der Waals surface area (Å²) in [6.07, 6.45) is 2.09. The maximum atomic E-state index is 5.99. The Morgan fingerprint density at radius 1 is 1.21 bits per heavy atom. The van der Waals surface area contributed by atoms with Gasteiger partial charge in [-0.05, 0) is 23.4 Å². The molecular formula is C19H21N3OS. The first-order valence-electron chi connectivity index (χ1n) is 8.49. The van der Waals surface area contributed by atoms with E-state index >= 15 is 0 Å². The lowest BCUT2D eigenvalue weighted by Gasteiger charge is -2.20. The Hall–Kier alpha value is -1.98. The summed E-state index contributed by atoms with van der Waals surface area (Å²) in [6.45, 7) is 3.78. The lowest BCUT2D eigenvalue weighted by Crippen LogP contribution is -2.18. The summed E-state index contributed by atoms with van der Waals surface area (Å²) in [4.78, 5) is 10.4. The van der Waals surface area contributed by atoms with Crippen molar-refractivity contribution >= 4 is 27.4 Å². The Balaban J connectivity index is 1.53. The Kier molecular flexibility index (Phi) is 4.45. The zero-order chi connectivity index (χ0) is 16.4. The van der Waals surface area contributed by atoms with Crippen LogP contribution in [0, 0.1) is 5.92 Å². The van der Waals surface area contributed by atoms with E-state index in [2.05, 4.69) is 52.9 Å². The van der Waals surface area contributed by atoms with Gasteiger partial charge in [0.15, 0.2) is 0 Å². The van der Waals surface area contributed by atoms with Crippen molar-refractivity contribution in [2.75, 3.05) is 18.5 Å². The molecule has 1 N–H and O–H groups in total. The second kappa shape index (κ2) is 6.87. The van der Waals surface area contributed by atoms with E-state index in [-0.39, 0.29) is 6.10 Å². The number of rotatable bonds is 5. The molecule has 1 fully saturated rings. The van der Waals surface area contributed by atoms with Crippen molar-refractivity contribution in [3.8, 4) is 0 Å². The minimum Gasteiger partial charge on any atom is -0.373 e. The summed E-state index contributed by atoms with van der Waals surface area (Å²) in [6, 6.07) is 12.6. The summed E-state index contributed by atoms with van der Waals surface area (Å²) < 4.78 is 5.99. The molecule has 0 saturated carbocycles. The van der Waals surface area contributed by atoms with Gasteiger partial charge in [0.25, 0.3) is 0 Å². The molecule has 4 rings (SSSR count). The van der Waals surface area contributed by atoms with E-state index in [0.717, 1.165) is 47.9 Å². The average Bonchev–Trinajstić information content (AvgIpc) is 3.29. The van der Waals surface area contributed by atoms with Crippen molar-refractivity contribution in [1.29, 1.82) is 0 Å². The third-order valence-electron chi connectivity index (χ3n) is 4.56. The van der Waals surface area contributed by atoms with Gasteiger partial charge in [0.05, 0.1) is 11.5 Å². The van der Waals surface area contributed by atoms with E-state index in [0.29, 0.717) is 5.92 Å². The highest BCUT2D eigenvalue weighted by Crippen LogP contribution is 2.35. The molecule has 0 bridgehead atoms. The fraction of sp³-hybridized carbons (Fsp3) is 0.368. The predicted molar refractivity (Wildman–Crippen MR) is 98.5 cm³/mol. The first kappa shape index (κ1) is 15.5. The molecule has 4 nitrogen and oxygen atoms in total. The Morgan fingerprint density at radius 3 is 2.92 bits per heavy atom. The van der Waals surface area contributed by atoms with Crippen LogP contribution in [0.2, 0.25) is 0 Å². The molecule has 2 aromatic heterocycles. The van der Waals surface area contributed by atoms with E-state index in [1.54, 1.807) is 11.3 Å². The highest BCUT2D eigenvalue weighted by molar-refractivity contribution is 7.16. The summed E-state index contributed by atoms with van der Waals surface area (Å²) in [5.41, 5.74) is 1.26. The smallest absolute Gasteiger partial charge is 0.138 e. The molecule has 1 aromatic carbocycles. The summed E-state index contributed by atoms with van der Waals surface area (Å²) in [7, 11) is 0. The molecule has 3 heterocycles. The van der Waals surface area contributed by atoms with Gasteiger partial charge >= 0.3 is 0 Å². The zero-order valence-electron chi connectivity index (χ0n) is 13.7. The highest BCUT2D eigenvalue weighted by Gasteiger charge is 2.29. The van der Waals surface area contributed by atoms with Gasteiger partial charge in [-0.2, -0.15) is 0 Å². The quantitative estimate of drug-likeness (QED) is 0.746. The lowest BCUT2D eigenvalue weighted by molar-refractivity contribution is 0.0933. The van der Waals surface area contributed by atoms with Crippen LogP contribution in [0.1, 0.15) is 30.8 Å². The SMILES string of the molecule is CCc1nc(NCC2CCOC2c2ccccc2)c2ccsc2n1. The van der Waals surface area contributed by atoms with Gasteiger partial charge in [-0.25, -0.2) is 9.97 Å². The maximum absolute atomic E-state index is 5.99. The first-order valence-corrected chi connectivity index (χ1v) is 9.37. The number of nitrogens with one attached hydrogen (secondary N) is 1. The average molecular weight is 339 g/mol. The molecule has 0 radical (unpaired) electrons. The van der Waals surface area contributed by atoms with Crippen LogP contribution in [-0.4, -0.2) is 23.1 Å². The lowest BCUT2D eigenvalue weighted by atomic mass is 9.95. The van der Waals surface area contributed by atoms with Gasteiger partial charge in [-0.1, -0.05) is 37.3 Å². The number of hydrogen-bond acceptors (Lipinski definition) is 5. The standard InChI is InChI=1S/C19H21N3OS/c1-2-16-21-18(15-9-11-24-19(15)22-16)20-12-14-8-10-23-17(14)13-6-4-3-5-7-13/h3-7,9,11,14,17H,2,8,10,12H2,1H3,(H,20,21,22). The van der Waals surface area contributed by atoms with Crippen LogP contribution in [-0.2, 0) is 11.2 Å². The topological polar surface area (TPSA) is 47.0 Å². The van der Waals surface area contributed by atoms with Crippen LogP contribution in [0.25, 0.3) is 10.2 Å². The largest absolute Gasteiger partial charge is 0.373 e. The van der Waals surface area contributed by atoms with Crippen LogP contribution >= 0.6 is 11.3 Å². The molecule has 5 heteroatoms. The molecule has 2 unspecified atom stereocenters. The molecule has 0 spiro atoms. The molecule has 124 valence electrons. The Morgan fingerprint density at radius 2 is 2.08 bits per heavy atom. The molecule has 24 heavy (non-hydrogen) atoms. The summed E-state index contributed by atoms with van der Waals surface area (Å²) in [5.74, 6) is 2.31. The number of benzene rings is 1. The highest BCUT2D eigenvalue weighted by atomic mass is 32.1. The van der Waals surface area contributed by atoms with Gasteiger partial charge in [-0.3, -0.25) is 0 Å². The zero-order valence-corrected chi connectivity index (χ0v) is 14.6. The van der Waals surface area contributed by atoms with Crippen molar-refractivity contribution < 1.29 is 4.74 Å². The van der Waals surface area contributed by atoms with Gasteiger partial charge in [-0.15, -0.1) is 11.3 Å². The molecular weight excluding hydrogens is 318 g/mol. The Bertz CT molecular complexity index is 818. The third kappa shape index (κ3) is 3.01. The van der Waals surface area contributed by atoms with Crippen LogP contribution in [0.3, 0.4) is 0 Å². The van der Waals surface area contributed by atoms with Crippen LogP contribution in [0.4, 0.5) is 5.82 Å². The number of ether oxygens (including phenoxy) is 1. The number of aryl methyl sites for hydroxylation is 1. The van der Waals surface area contributed by atoms with E-state index in [9.17, 15) is 0 Å². The fourth-order valence-electron chi connectivity index (χ4n) is 3.27. The number of fused-ring (bicyclic) bond motifs is 1. The van der Waals surface area contributed by atoms with Crippen molar-refractivity contribution in [3.05, 3.63) is 53.2 Å². The first-order chi connectivity index (χ1) is 11.8. The van der Waals surface area contributed by atoms with Crippen molar-refractivity contribution in [1.82, 2.24) is 9.97 Å². The molecule has 0 amide bonds. The van der Waals surface area contributed by atoms with Gasteiger partial charge in [0, 0.05) is 25.5 Å². The van der Waals surface area contributed by atoms with E-state index in [4.69, 9.17) is 9.72 Å². The minimum atomic E-state index is 0.171. The molecule has 2 atom stereocenters. The van der Waals surface area contributed by atoms with E-state index in [1.807, 2.05) is 6.07 Å². The van der Waals surface area contributed by atoms with Crippen LogP contribution < -0.4 is 5.32 Å². The van der Waals surface area contributed by atoms with Crippen molar-refractivity contribution in [3.63, 3.8) is 0 Å². The number of hydrogen-bond donors (Lipinski definition) is 1. The van der Waals surface area contributed by atoms with Gasteiger partial charge in [0.2, 0.25) is 0 Å². The molecule has 1 aliphatic heterocycles. The molecule has 0 aliphatic carbocycles. The van der Waals surface area contributed by atoms with Crippen molar-refractivity contribution in [2.45, 2.75) is 25.9 Å². The summed E-state index contributed by atoms with van der Waals surface area (Å²) >= 11 is 1.67. The van der Waals surface area contributed by atoms with Crippen molar-refractivity contribution in [2.24, 2.45) is 5.92 Å². The second-order valence-corrected chi connectivity index (χ2v) is 7.01. The monoisotopic (exact) mass is 339 g/mol. The number of aromatic nitrogens is 2. The van der Waals surface area contributed by atoms with Gasteiger partial charge in [0.1, 0.15) is 16.5 Å². The normalized spacial score (nSPS) is 20.5. The minimum absolute atomic E-state index is 0.171. The molecule has 3 aromatic rings. The van der Waals surface area contributed by atoms with Crippen LogP contribution in [0.5, 0.6) is 0 Å². The Labute approximate surface area is 145 Å². The van der Waals surface area contributed by atoms with Gasteiger partial charge < -0.3 is 10.1 Å². The fourth-order valence-corrected chi connectivity index (χ4v) is 4.06.